The molecule has 4 atom stereocenters. The molecule has 3 rings (SSSR count). The average Bonchev–Trinajstić information content (AvgIpc) is 2.95. The van der Waals surface area contributed by atoms with Crippen LogP contribution in [0.25, 0.3) is 11.2 Å². The van der Waals surface area contributed by atoms with E-state index in [1.54, 1.807) is 0 Å². The maximum absolute atomic E-state index is 10.6. The number of aliphatic hydroxyl groups is 2. The lowest BCUT2D eigenvalue weighted by Crippen LogP contribution is -2.34. The Morgan fingerprint density at radius 2 is 2.05 bits per heavy atom. The molecule has 0 aliphatic carbocycles. The standard InChI is InChI=1S/C9H10ClN4O7P/c10-6-3-7(12-1-11-6)14(2-13-3)8-4(15)5(16)9(20-8)21-22(17,18)19/h1-2,4-5,8-9,15-16H,(H2,17,18,19)/p-2/t4-,5+,8?,9-/m1/s1. The van der Waals surface area contributed by atoms with Crippen LogP contribution in [0.2, 0.25) is 5.15 Å². The molecule has 2 aromatic heterocycles. The summed E-state index contributed by atoms with van der Waals surface area (Å²) < 4.78 is 21.0. The summed E-state index contributed by atoms with van der Waals surface area (Å²) in [5.41, 5.74) is 0.404. The second kappa shape index (κ2) is 5.48. The van der Waals surface area contributed by atoms with Gasteiger partial charge in [0.05, 0.1) is 14.2 Å². The number of aliphatic hydroxyl groups excluding tert-OH is 2. The number of nitrogens with zero attached hydrogens (tertiary/aromatic N) is 4. The van der Waals surface area contributed by atoms with Gasteiger partial charge in [0.2, 0.25) is 0 Å². The molecule has 0 bridgehead atoms. The highest BCUT2D eigenvalue weighted by Gasteiger charge is 2.45. The first kappa shape index (κ1) is 15.7. The number of hydrogen-bond acceptors (Lipinski definition) is 10. The number of fused-ring (bicyclic) bond motifs is 1. The highest BCUT2D eigenvalue weighted by atomic mass is 35.5. The van der Waals surface area contributed by atoms with E-state index in [4.69, 9.17) is 16.3 Å². The smallest absolute Gasteiger partial charge is 0.193 e. The second-order valence-electron chi connectivity index (χ2n) is 4.42. The van der Waals surface area contributed by atoms with Crippen LogP contribution >= 0.6 is 19.4 Å². The van der Waals surface area contributed by atoms with Crippen molar-refractivity contribution in [2.24, 2.45) is 0 Å². The van der Waals surface area contributed by atoms with Crippen molar-refractivity contribution < 1.29 is 33.8 Å². The highest BCUT2D eigenvalue weighted by molar-refractivity contribution is 7.43. The van der Waals surface area contributed by atoms with Gasteiger partial charge in [0.15, 0.2) is 23.3 Å². The monoisotopic (exact) mass is 350 g/mol. The van der Waals surface area contributed by atoms with E-state index in [-0.39, 0.29) is 16.3 Å². The molecule has 1 saturated heterocycles. The molecule has 2 N–H and O–H groups in total. The van der Waals surface area contributed by atoms with Crippen LogP contribution in [0.3, 0.4) is 0 Å². The van der Waals surface area contributed by atoms with Gasteiger partial charge in [0.25, 0.3) is 0 Å². The lowest BCUT2D eigenvalue weighted by Gasteiger charge is -2.32. The molecule has 22 heavy (non-hydrogen) atoms. The van der Waals surface area contributed by atoms with E-state index in [1.807, 2.05) is 0 Å². The fourth-order valence-electron chi connectivity index (χ4n) is 2.08. The number of aromatic nitrogens is 4. The number of halogens is 1. The minimum atomic E-state index is -5.41. The second-order valence-corrected chi connectivity index (χ2v) is 5.88. The molecular weight excluding hydrogens is 343 g/mol. The molecule has 1 unspecified atom stereocenters. The number of imidazole rings is 1. The summed E-state index contributed by atoms with van der Waals surface area (Å²) in [5.74, 6) is 0. The Kier molecular flexibility index (Phi) is 3.91. The first-order valence-corrected chi connectivity index (χ1v) is 7.67. The lowest BCUT2D eigenvalue weighted by molar-refractivity contribution is -0.354. The van der Waals surface area contributed by atoms with Crippen molar-refractivity contribution >= 4 is 30.6 Å². The predicted octanol–water partition coefficient (Wildman–Crippen LogP) is -2.10. The molecule has 1 fully saturated rings. The van der Waals surface area contributed by atoms with Crippen LogP contribution in [0.5, 0.6) is 0 Å². The molecule has 11 nitrogen and oxygen atoms in total. The van der Waals surface area contributed by atoms with E-state index in [2.05, 4.69) is 19.5 Å². The lowest BCUT2D eigenvalue weighted by atomic mass is 10.2. The zero-order valence-corrected chi connectivity index (χ0v) is 12.2. The van der Waals surface area contributed by atoms with Crippen molar-refractivity contribution in [2.75, 3.05) is 0 Å². The summed E-state index contributed by atoms with van der Waals surface area (Å²) >= 11 is 5.83. The Morgan fingerprint density at radius 3 is 2.73 bits per heavy atom. The van der Waals surface area contributed by atoms with E-state index in [9.17, 15) is 24.6 Å². The Balaban J connectivity index is 1.94. The van der Waals surface area contributed by atoms with Crippen molar-refractivity contribution in [3.63, 3.8) is 0 Å². The first-order chi connectivity index (χ1) is 10.3. The number of phosphoric acid groups is 1. The molecule has 1 aliphatic heterocycles. The first-order valence-electron chi connectivity index (χ1n) is 5.83. The largest absolute Gasteiger partial charge is 0.790 e. The molecule has 2 aromatic rings. The highest BCUT2D eigenvalue weighted by Crippen LogP contribution is 2.38. The van der Waals surface area contributed by atoms with E-state index < -0.39 is 32.5 Å². The fourth-order valence-corrected chi connectivity index (χ4v) is 2.69. The van der Waals surface area contributed by atoms with Gasteiger partial charge in [-0.15, -0.1) is 0 Å². The fraction of sp³-hybridized carbons (Fsp3) is 0.444. The molecule has 0 saturated carbocycles. The Morgan fingerprint density at radius 1 is 1.32 bits per heavy atom. The molecular formula is C9H8ClN4O7P-2. The van der Waals surface area contributed by atoms with Gasteiger partial charge in [0.1, 0.15) is 24.1 Å². The SMILES string of the molecule is O=P([O-])([O-])O[C@H]1OC(n2cnc3c(Cl)ncnc32)[C@H](O)[C@@H]1O. The van der Waals surface area contributed by atoms with Gasteiger partial charge >= 0.3 is 0 Å². The number of rotatable bonds is 3. The van der Waals surface area contributed by atoms with Gasteiger partial charge in [-0.3, -0.25) is 4.57 Å². The van der Waals surface area contributed by atoms with Gasteiger partial charge in [-0.05, 0) is 0 Å². The van der Waals surface area contributed by atoms with E-state index in [0.717, 1.165) is 6.33 Å². The van der Waals surface area contributed by atoms with Gasteiger partial charge in [-0.25, -0.2) is 15.0 Å². The van der Waals surface area contributed by atoms with Crippen LogP contribution < -0.4 is 9.79 Å². The Hall–Kier alpha value is -1.17. The summed E-state index contributed by atoms with van der Waals surface area (Å²) in [6.45, 7) is 0. The van der Waals surface area contributed by atoms with Crippen LogP contribution in [0.4, 0.5) is 0 Å². The third-order valence-electron chi connectivity index (χ3n) is 3.02. The molecule has 0 radical (unpaired) electrons. The zero-order valence-electron chi connectivity index (χ0n) is 10.5. The maximum atomic E-state index is 10.6. The minimum Gasteiger partial charge on any atom is -0.790 e. The average molecular weight is 351 g/mol. The summed E-state index contributed by atoms with van der Waals surface area (Å²) in [5, 5.41) is 19.7. The van der Waals surface area contributed by atoms with E-state index in [0.29, 0.717) is 0 Å². The normalized spacial score (nSPS) is 29.3. The van der Waals surface area contributed by atoms with Crippen LogP contribution in [0.15, 0.2) is 12.7 Å². The van der Waals surface area contributed by atoms with Crippen LogP contribution in [-0.2, 0) is 13.8 Å². The van der Waals surface area contributed by atoms with Gasteiger partial charge < -0.3 is 33.8 Å². The summed E-state index contributed by atoms with van der Waals surface area (Å²) in [4.78, 5) is 32.8. The number of hydrogen-bond donors (Lipinski definition) is 2. The minimum absolute atomic E-state index is 0.0632. The maximum Gasteiger partial charge on any atom is 0.193 e. The summed E-state index contributed by atoms with van der Waals surface area (Å²) in [6, 6.07) is 0. The number of phosphoric ester groups is 1. The van der Waals surface area contributed by atoms with Gasteiger partial charge in [0, 0.05) is 0 Å². The van der Waals surface area contributed by atoms with E-state index >= 15 is 0 Å². The Bertz CT molecular complexity index is 751. The molecule has 13 heteroatoms. The van der Waals surface area contributed by atoms with Crippen LogP contribution in [0.1, 0.15) is 6.23 Å². The zero-order chi connectivity index (χ0) is 16.1. The summed E-state index contributed by atoms with van der Waals surface area (Å²) in [7, 11) is -5.41. The molecule has 0 amide bonds. The molecule has 1 aliphatic rings. The Labute approximate surface area is 127 Å². The van der Waals surface area contributed by atoms with Crippen LogP contribution in [0, 0.1) is 0 Å². The van der Waals surface area contributed by atoms with Crippen molar-refractivity contribution in [2.45, 2.75) is 24.7 Å². The predicted molar refractivity (Wildman–Crippen MR) is 64.9 cm³/mol. The van der Waals surface area contributed by atoms with Gasteiger partial charge in [-0.1, -0.05) is 11.6 Å². The van der Waals surface area contributed by atoms with E-state index in [1.165, 1.54) is 10.9 Å². The third kappa shape index (κ3) is 2.73. The molecule has 0 aromatic carbocycles. The molecule has 3 heterocycles. The van der Waals surface area contributed by atoms with Crippen molar-refractivity contribution in [3.8, 4) is 0 Å². The van der Waals surface area contributed by atoms with Crippen LogP contribution in [-0.4, -0.2) is 48.2 Å². The molecule has 120 valence electrons. The molecule has 0 spiro atoms. The van der Waals surface area contributed by atoms with Gasteiger partial charge in [-0.2, -0.15) is 0 Å². The van der Waals surface area contributed by atoms with Crippen molar-refractivity contribution in [1.29, 1.82) is 0 Å². The van der Waals surface area contributed by atoms with Crippen molar-refractivity contribution in [3.05, 3.63) is 17.8 Å². The number of ether oxygens (including phenoxy) is 1. The quantitative estimate of drug-likeness (QED) is 0.462. The summed E-state index contributed by atoms with van der Waals surface area (Å²) in [6.07, 6.45) is -4.09. The third-order valence-corrected chi connectivity index (χ3v) is 3.76. The topological polar surface area (TPSA) is 166 Å². The van der Waals surface area contributed by atoms with Crippen molar-refractivity contribution in [1.82, 2.24) is 19.5 Å².